The highest BCUT2D eigenvalue weighted by Gasteiger charge is 2.20. The molecule has 0 spiro atoms. The molecule has 0 amide bonds. The molecule has 0 bridgehead atoms. The SMILES string of the molecule is COC/C(=C(/N)c1nc(-c2cccc(SC)c2)no1)N(N)c1ccccc1F. The number of hydrogen-bond acceptors (Lipinski definition) is 8. The Labute approximate surface area is 166 Å². The molecule has 0 atom stereocenters. The molecule has 0 aliphatic rings. The number of methoxy groups -OCH3 is 1. The van der Waals surface area contributed by atoms with Gasteiger partial charge in [-0.15, -0.1) is 11.8 Å². The molecule has 0 aliphatic heterocycles. The van der Waals surface area contributed by atoms with E-state index in [1.54, 1.807) is 23.9 Å². The summed E-state index contributed by atoms with van der Waals surface area (Å²) in [5, 5.41) is 5.11. The molecule has 0 radical (unpaired) electrons. The maximum Gasteiger partial charge on any atom is 0.276 e. The molecule has 2 aromatic carbocycles. The second kappa shape index (κ2) is 8.87. The van der Waals surface area contributed by atoms with Crippen LogP contribution in [0.1, 0.15) is 5.89 Å². The van der Waals surface area contributed by atoms with Crippen LogP contribution in [0.25, 0.3) is 17.1 Å². The molecular weight excluding hydrogens is 381 g/mol. The third-order valence-corrected chi connectivity index (χ3v) is 4.70. The third-order valence-electron chi connectivity index (χ3n) is 3.98. The minimum atomic E-state index is -0.494. The third kappa shape index (κ3) is 4.16. The Morgan fingerprint density at radius 3 is 2.75 bits per heavy atom. The van der Waals surface area contributed by atoms with Gasteiger partial charge in [-0.2, -0.15) is 4.98 Å². The van der Waals surface area contributed by atoms with E-state index in [1.807, 2.05) is 30.5 Å². The van der Waals surface area contributed by atoms with E-state index < -0.39 is 5.82 Å². The van der Waals surface area contributed by atoms with Gasteiger partial charge in [0.1, 0.15) is 11.5 Å². The first-order valence-corrected chi connectivity index (χ1v) is 9.53. The topological polar surface area (TPSA) is 103 Å². The van der Waals surface area contributed by atoms with E-state index in [0.717, 1.165) is 15.5 Å². The standard InChI is InChI=1S/C19H20FN5O2S/c1-26-11-16(25(22)15-9-4-3-8-14(15)20)17(21)19-23-18(24-27-19)12-6-5-7-13(10-12)28-2/h3-10H,11,21-22H2,1-2H3/b17-16-. The summed E-state index contributed by atoms with van der Waals surface area (Å²) in [4.78, 5) is 5.43. The molecule has 0 fully saturated rings. The van der Waals surface area contributed by atoms with Crippen LogP contribution in [0.5, 0.6) is 0 Å². The summed E-state index contributed by atoms with van der Waals surface area (Å²) in [5.41, 5.74) is 7.55. The molecule has 3 rings (SSSR count). The second-order valence-electron chi connectivity index (χ2n) is 5.77. The molecule has 1 heterocycles. The van der Waals surface area contributed by atoms with Crippen LogP contribution in [-0.2, 0) is 4.74 Å². The van der Waals surface area contributed by atoms with Gasteiger partial charge in [0.2, 0.25) is 5.82 Å². The number of nitrogens with two attached hydrogens (primary N) is 2. The lowest BCUT2D eigenvalue weighted by molar-refractivity contribution is 0.223. The van der Waals surface area contributed by atoms with Crippen molar-refractivity contribution in [1.82, 2.24) is 10.1 Å². The van der Waals surface area contributed by atoms with Crippen LogP contribution < -0.4 is 16.6 Å². The predicted octanol–water partition coefficient (Wildman–Crippen LogP) is 3.25. The fourth-order valence-corrected chi connectivity index (χ4v) is 3.00. The molecule has 4 N–H and O–H groups in total. The minimum Gasteiger partial charge on any atom is -0.393 e. The van der Waals surface area contributed by atoms with Crippen LogP contribution in [-0.4, -0.2) is 30.1 Å². The van der Waals surface area contributed by atoms with Gasteiger partial charge in [-0.05, 0) is 30.5 Å². The monoisotopic (exact) mass is 401 g/mol. The van der Waals surface area contributed by atoms with Crippen LogP contribution in [0.3, 0.4) is 0 Å². The Balaban J connectivity index is 1.98. The summed E-state index contributed by atoms with van der Waals surface area (Å²) < 4.78 is 24.6. The molecule has 28 heavy (non-hydrogen) atoms. The van der Waals surface area contributed by atoms with Crippen LogP contribution in [0.15, 0.2) is 63.6 Å². The van der Waals surface area contributed by atoms with Gasteiger partial charge in [0, 0.05) is 17.6 Å². The van der Waals surface area contributed by atoms with Crippen molar-refractivity contribution >= 4 is 23.1 Å². The van der Waals surface area contributed by atoms with Gasteiger partial charge in [-0.3, -0.25) is 5.01 Å². The van der Waals surface area contributed by atoms with E-state index in [2.05, 4.69) is 10.1 Å². The van der Waals surface area contributed by atoms with Crippen LogP contribution in [0, 0.1) is 5.82 Å². The van der Waals surface area contributed by atoms with E-state index in [-0.39, 0.29) is 23.9 Å². The summed E-state index contributed by atoms with van der Waals surface area (Å²) >= 11 is 1.61. The van der Waals surface area contributed by atoms with Gasteiger partial charge in [-0.25, -0.2) is 10.2 Å². The van der Waals surface area contributed by atoms with E-state index in [0.29, 0.717) is 11.5 Å². The number of benzene rings is 2. The molecular formula is C19H20FN5O2S. The number of hydrazine groups is 1. The molecule has 1 aromatic heterocycles. The minimum absolute atomic E-state index is 0.0241. The van der Waals surface area contributed by atoms with Gasteiger partial charge < -0.3 is 15.0 Å². The number of thioether (sulfide) groups is 1. The molecule has 7 nitrogen and oxygen atoms in total. The zero-order valence-electron chi connectivity index (χ0n) is 15.4. The van der Waals surface area contributed by atoms with Gasteiger partial charge in [-0.1, -0.05) is 29.4 Å². The molecule has 0 saturated carbocycles. The first-order valence-electron chi connectivity index (χ1n) is 8.30. The van der Waals surface area contributed by atoms with Crippen LogP contribution >= 0.6 is 11.8 Å². The summed E-state index contributed by atoms with van der Waals surface area (Å²) in [6, 6.07) is 13.8. The highest BCUT2D eigenvalue weighted by Crippen LogP contribution is 2.26. The Hall–Kier alpha value is -2.88. The molecule has 0 aliphatic carbocycles. The summed E-state index contributed by atoms with van der Waals surface area (Å²) in [5.74, 6) is 6.07. The molecule has 3 aromatic rings. The fraction of sp³-hybridized carbons (Fsp3) is 0.158. The number of nitrogens with zero attached hydrogens (tertiary/aromatic N) is 3. The highest BCUT2D eigenvalue weighted by molar-refractivity contribution is 7.98. The molecule has 0 saturated heterocycles. The molecule has 146 valence electrons. The predicted molar refractivity (Wildman–Crippen MR) is 108 cm³/mol. The number of aromatic nitrogens is 2. The zero-order valence-corrected chi connectivity index (χ0v) is 16.2. The summed E-state index contributed by atoms with van der Waals surface area (Å²) in [7, 11) is 1.48. The fourth-order valence-electron chi connectivity index (χ4n) is 2.54. The lowest BCUT2D eigenvalue weighted by Crippen LogP contribution is -2.35. The summed E-state index contributed by atoms with van der Waals surface area (Å²) in [6.45, 7) is 0.0241. The van der Waals surface area contributed by atoms with E-state index in [1.165, 1.54) is 19.2 Å². The number of rotatable bonds is 7. The Morgan fingerprint density at radius 1 is 1.25 bits per heavy atom. The van der Waals surface area contributed by atoms with Crippen molar-refractivity contribution in [2.75, 3.05) is 25.0 Å². The maximum absolute atomic E-state index is 14.1. The summed E-state index contributed by atoms with van der Waals surface area (Å²) in [6.07, 6.45) is 1.98. The largest absolute Gasteiger partial charge is 0.393 e. The Bertz CT molecular complexity index is 992. The number of hydrogen-bond donors (Lipinski definition) is 2. The van der Waals surface area contributed by atoms with Crippen molar-refractivity contribution in [1.29, 1.82) is 0 Å². The van der Waals surface area contributed by atoms with Crippen molar-refractivity contribution in [3.63, 3.8) is 0 Å². The Morgan fingerprint density at radius 2 is 2.04 bits per heavy atom. The molecule has 0 unspecified atom stereocenters. The van der Waals surface area contributed by atoms with Crippen molar-refractivity contribution in [2.24, 2.45) is 11.6 Å². The first kappa shape index (κ1) is 19.9. The normalized spacial score (nSPS) is 12.0. The van der Waals surface area contributed by atoms with Gasteiger partial charge in [0.25, 0.3) is 5.89 Å². The number of para-hydroxylation sites is 1. The first-order chi connectivity index (χ1) is 13.5. The quantitative estimate of drug-likeness (QED) is 0.353. The van der Waals surface area contributed by atoms with Gasteiger partial charge in [0.05, 0.1) is 18.0 Å². The van der Waals surface area contributed by atoms with Crippen molar-refractivity contribution in [3.05, 3.63) is 65.9 Å². The van der Waals surface area contributed by atoms with Crippen molar-refractivity contribution < 1.29 is 13.7 Å². The number of ether oxygens (including phenoxy) is 1. The average molecular weight is 401 g/mol. The van der Waals surface area contributed by atoms with Crippen LogP contribution in [0.2, 0.25) is 0 Å². The average Bonchev–Trinajstić information content (AvgIpc) is 3.22. The smallest absolute Gasteiger partial charge is 0.276 e. The molecule has 9 heteroatoms. The van der Waals surface area contributed by atoms with Gasteiger partial charge >= 0.3 is 0 Å². The number of anilines is 1. The van der Waals surface area contributed by atoms with E-state index >= 15 is 0 Å². The lowest BCUT2D eigenvalue weighted by atomic mass is 10.2. The number of halogens is 1. The van der Waals surface area contributed by atoms with Crippen LogP contribution in [0.4, 0.5) is 10.1 Å². The maximum atomic E-state index is 14.1. The van der Waals surface area contributed by atoms with E-state index in [9.17, 15) is 4.39 Å². The van der Waals surface area contributed by atoms with E-state index in [4.69, 9.17) is 20.8 Å². The Kier molecular flexibility index (Phi) is 6.30. The zero-order chi connectivity index (χ0) is 20.1. The van der Waals surface area contributed by atoms with Gasteiger partial charge in [0.15, 0.2) is 0 Å². The highest BCUT2D eigenvalue weighted by atomic mass is 32.2. The second-order valence-corrected chi connectivity index (χ2v) is 6.65. The van der Waals surface area contributed by atoms with Crippen molar-refractivity contribution in [3.8, 4) is 11.4 Å². The lowest BCUT2D eigenvalue weighted by Gasteiger charge is -2.23. The van der Waals surface area contributed by atoms with Crippen molar-refractivity contribution in [2.45, 2.75) is 4.90 Å².